The molecule has 12 N–H and O–H groups in total. The number of hydrogen-bond acceptors (Lipinski definition) is 18. The first-order valence-electron chi connectivity index (χ1n) is 39.2. The van der Waals surface area contributed by atoms with Crippen LogP contribution in [0.3, 0.4) is 0 Å². The third kappa shape index (κ3) is 38.9. The van der Waals surface area contributed by atoms with E-state index >= 15 is 0 Å². The van der Waals surface area contributed by atoms with Crippen molar-refractivity contribution in [3.63, 3.8) is 0 Å². The van der Waals surface area contributed by atoms with Gasteiger partial charge in [-0.3, -0.25) is 4.79 Å². The van der Waals surface area contributed by atoms with Gasteiger partial charge in [0, 0.05) is 6.42 Å². The van der Waals surface area contributed by atoms with Crippen LogP contribution >= 0.6 is 0 Å². The predicted molar refractivity (Wildman–Crippen MR) is 379 cm³/mol. The largest absolute Gasteiger partial charge is 0.394 e. The van der Waals surface area contributed by atoms with Crippen LogP contribution in [0.5, 0.6) is 0 Å². The lowest BCUT2D eigenvalue weighted by atomic mass is 9.96. The van der Waals surface area contributed by atoms with Crippen LogP contribution < -0.4 is 5.32 Å². The molecule has 3 aliphatic heterocycles. The molecule has 3 aliphatic rings. The van der Waals surface area contributed by atoms with Gasteiger partial charge in [-0.25, -0.2) is 0 Å². The Balaban J connectivity index is 1.24. The molecule has 0 saturated carbocycles. The fourth-order valence-electron chi connectivity index (χ4n) is 13.4. The second kappa shape index (κ2) is 58.5. The molecular formula is C77H143NO18. The molecule has 0 bridgehead atoms. The zero-order chi connectivity index (χ0) is 69.6. The molecule has 1 amide bonds. The number of rotatable bonds is 62. The van der Waals surface area contributed by atoms with Gasteiger partial charge in [0.1, 0.15) is 73.2 Å². The molecule has 3 fully saturated rings. The molecule has 0 aromatic rings. The summed E-state index contributed by atoms with van der Waals surface area (Å²) in [6.07, 6.45) is 44.4. The molecule has 3 rings (SSSR count). The third-order valence-electron chi connectivity index (χ3n) is 19.7. The number of ether oxygens (including phenoxy) is 6. The minimum absolute atomic E-state index is 0.239. The van der Waals surface area contributed by atoms with E-state index in [4.69, 9.17) is 28.4 Å². The highest BCUT2D eigenvalue weighted by Crippen LogP contribution is 2.33. The Kier molecular flexibility index (Phi) is 53.8. The van der Waals surface area contributed by atoms with E-state index in [-0.39, 0.29) is 18.9 Å². The van der Waals surface area contributed by atoms with Gasteiger partial charge in [0.2, 0.25) is 5.91 Å². The first kappa shape index (κ1) is 88.2. The molecule has 0 aromatic heterocycles. The van der Waals surface area contributed by atoms with Crippen LogP contribution in [0.4, 0.5) is 0 Å². The summed E-state index contributed by atoms with van der Waals surface area (Å²) >= 11 is 0. The van der Waals surface area contributed by atoms with Crippen molar-refractivity contribution in [3.05, 3.63) is 36.5 Å². The first-order valence-corrected chi connectivity index (χ1v) is 39.2. The van der Waals surface area contributed by atoms with Crippen molar-refractivity contribution in [3.8, 4) is 0 Å². The van der Waals surface area contributed by atoms with E-state index in [1.54, 1.807) is 0 Å². The van der Waals surface area contributed by atoms with Gasteiger partial charge in [-0.15, -0.1) is 0 Å². The zero-order valence-electron chi connectivity index (χ0n) is 60.1. The zero-order valence-corrected chi connectivity index (χ0v) is 60.1. The van der Waals surface area contributed by atoms with Crippen molar-refractivity contribution in [2.75, 3.05) is 26.4 Å². The maximum atomic E-state index is 13.4. The van der Waals surface area contributed by atoms with E-state index in [1.807, 2.05) is 0 Å². The molecule has 0 aromatic carbocycles. The summed E-state index contributed by atoms with van der Waals surface area (Å²) in [5, 5.41) is 121. The van der Waals surface area contributed by atoms with Crippen molar-refractivity contribution in [1.29, 1.82) is 0 Å². The standard InChI is InChI=1S/C77H143NO18/c1-3-5-7-9-11-13-15-16-17-18-19-20-21-22-23-24-25-26-27-28-29-30-31-32-33-34-35-36-37-38-39-40-41-42-43-44-45-47-49-51-53-55-65(83)78-60(61(82)54-52-50-48-46-14-12-10-8-6-4-2)59-91-75-71(89)68(86)73(63(57-80)93-75)96-77-72(90)69(87)74(64(58-81)94-77)95-76-70(88)67(85)66(84)62(56-79)92-76/h15-16,18-19,21-22,60-64,66-77,79-82,84-90H,3-14,17,20,23-59H2,1-2H3,(H,78,83)/b16-15-,19-18-,22-21-. The van der Waals surface area contributed by atoms with Crippen LogP contribution in [-0.2, 0) is 33.2 Å². The Labute approximate surface area is 581 Å². The van der Waals surface area contributed by atoms with Crippen molar-refractivity contribution in [2.24, 2.45) is 0 Å². The number of allylic oxidation sites excluding steroid dienone is 6. The molecule has 17 atom stereocenters. The second-order valence-corrected chi connectivity index (χ2v) is 28.2. The molecule has 19 nitrogen and oxygen atoms in total. The summed E-state index contributed by atoms with van der Waals surface area (Å²) < 4.78 is 34.4. The number of hydrogen-bond donors (Lipinski definition) is 12. The van der Waals surface area contributed by atoms with Crippen LogP contribution in [0.25, 0.3) is 0 Å². The summed E-state index contributed by atoms with van der Waals surface area (Å²) in [5.41, 5.74) is 0. The Bertz CT molecular complexity index is 1880. The fraction of sp³-hybridized carbons (Fsp3) is 0.909. The van der Waals surface area contributed by atoms with Crippen molar-refractivity contribution >= 4 is 5.91 Å². The topological polar surface area (TPSA) is 307 Å². The number of aliphatic hydroxyl groups is 11. The average Bonchev–Trinajstić information content (AvgIpc) is 0.849. The summed E-state index contributed by atoms with van der Waals surface area (Å²) in [4.78, 5) is 13.4. The molecule has 17 unspecified atom stereocenters. The Morgan fingerprint density at radius 2 is 0.688 bits per heavy atom. The van der Waals surface area contributed by atoms with Gasteiger partial charge in [0.25, 0.3) is 0 Å². The minimum atomic E-state index is -1.97. The number of carbonyl (C=O) groups is 1. The van der Waals surface area contributed by atoms with Gasteiger partial charge in [-0.1, -0.05) is 294 Å². The quantitative estimate of drug-likeness (QED) is 0.0199. The molecule has 3 saturated heterocycles. The smallest absolute Gasteiger partial charge is 0.220 e. The lowest BCUT2D eigenvalue weighted by Gasteiger charge is -2.48. The lowest BCUT2D eigenvalue weighted by molar-refractivity contribution is -0.379. The maximum Gasteiger partial charge on any atom is 0.220 e. The van der Waals surface area contributed by atoms with Gasteiger partial charge in [-0.05, 0) is 51.4 Å². The second-order valence-electron chi connectivity index (χ2n) is 28.2. The Morgan fingerprint density at radius 3 is 1.07 bits per heavy atom. The number of nitrogens with one attached hydrogen (secondary N) is 1. The molecular weight excluding hydrogens is 1230 g/mol. The van der Waals surface area contributed by atoms with Gasteiger partial charge in [0.05, 0.1) is 38.6 Å². The third-order valence-corrected chi connectivity index (χ3v) is 19.7. The van der Waals surface area contributed by atoms with E-state index in [1.165, 1.54) is 225 Å². The summed E-state index contributed by atoms with van der Waals surface area (Å²) in [6, 6.07) is -0.883. The molecule has 19 heteroatoms. The predicted octanol–water partition coefficient (Wildman–Crippen LogP) is 12.3. The number of aliphatic hydroxyl groups excluding tert-OH is 11. The van der Waals surface area contributed by atoms with E-state index in [9.17, 15) is 61.0 Å². The summed E-state index contributed by atoms with van der Waals surface area (Å²) in [7, 11) is 0. The highest BCUT2D eigenvalue weighted by atomic mass is 16.8. The van der Waals surface area contributed by atoms with E-state index < -0.39 is 124 Å². The van der Waals surface area contributed by atoms with Crippen molar-refractivity contribution in [2.45, 2.75) is 420 Å². The summed E-state index contributed by atoms with van der Waals surface area (Å²) in [6.45, 7) is 1.78. The average molecular weight is 1370 g/mol. The van der Waals surface area contributed by atoms with Crippen LogP contribution in [0.15, 0.2) is 36.5 Å². The minimum Gasteiger partial charge on any atom is -0.394 e. The van der Waals surface area contributed by atoms with Gasteiger partial charge in [-0.2, -0.15) is 0 Å². The maximum absolute atomic E-state index is 13.4. The molecule has 0 radical (unpaired) electrons. The molecule has 3 heterocycles. The first-order chi connectivity index (χ1) is 46.8. The molecule has 564 valence electrons. The SMILES string of the molecule is CCCCCCC/C=C\C/C=C\C/C=C\CCCCCCCCCCCCCCCCCCCCCCCCCCCCC(=O)NC(COC1OC(CO)C(OC2OC(CO)C(OC3OC(CO)C(O)C(O)C3O)C(O)C2O)C(O)C1O)C(O)CCCCCCCCCCCC. The van der Waals surface area contributed by atoms with Gasteiger partial charge < -0.3 is 89.9 Å². The monoisotopic (exact) mass is 1370 g/mol. The highest BCUT2D eigenvalue weighted by molar-refractivity contribution is 5.76. The fourth-order valence-corrected chi connectivity index (χ4v) is 13.4. The van der Waals surface area contributed by atoms with Crippen LogP contribution in [0.2, 0.25) is 0 Å². The van der Waals surface area contributed by atoms with Crippen LogP contribution in [-0.4, -0.2) is 193 Å². The van der Waals surface area contributed by atoms with E-state index in [0.717, 1.165) is 57.8 Å². The van der Waals surface area contributed by atoms with E-state index in [0.29, 0.717) is 12.8 Å². The molecule has 96 heavy (non-hydrogen) atoms. The number of amides is 1. The van der Waals surface area contributed by atoms with Crippen molar-refractivity contribution < 1.29 is 89.4 Å². The summed E-state index contributed by atoms with van der Waals surface area (Å²) in [5.74, 6) is -0.239. The van der Waals surface area contributed by atoms with Crippen LogP contribution in [0, 0.1) is 0 Å². The van der Waals surface area contributed by atoms with Crippen LogP contribution in [0.1, 0.15) is 316 Å². The molecule has 0 spiro atoms. The van der Waals surface area contributed by atoms with E-state index in [2.05, 4.69) is 55.6 Å². The lowest BCUT2D eigenvalue weighted by Crippen LogP contribution is -2.66. The highest BCUT2D eigenvalue weighted by Gasteiger charge is 2.54. The Morgan fingerprint density at radius 1 is 0.375 bits per heavy atom. The normalized spacial score (nSPS) is 27.2. The number of carbonyl (C=O) groups excluding carboxylic acids is 1. The molecule has 0 aliphatic carbocycles. The Hall–Kier alpha value is -1.99. The van der Waals surface area contributed by atoms with Gasteiger partial charge >= 0.3 is 0 Å². The van der Waals surface area contributed by atoms with Crippen molar-refractivity contribution in [1.82, 2.24) is 5.32 Å². The van der Waals surface area contributed by atoms with Gasteiger partial charge in [0.15, 0.2) is 18.9 Å². The number of unbranched alkanes of at least 4 members (excludes halogenated alkanes) is 40.